The standard InChI is InChI=1S/C16H20O8S/c1-10(17)22-9-13-16(23-11(2)18)14(8-15(19)24-13)25(20,21)12-6-4-3-5-7-12/h3-7,13-16,19H,8-9H2,1-2H3/t13-,14+,15?,16-/m1/s1. The van der Waals surface area contributed by atoms with E-state index >= 15 is 0 Å². The van der Waals surface area contributed by atoms with Crippen molar-refractivity contribution in [2.45, 2.75) is 48.9 Å². The number of aliphatic hydroxyl groups is 1. The summed E-state index contributed by atoms with van der Waals surface area (Å²) in [6, 6.07) is 7.65. The minimum absolute atomic E-state index is 0.0393. The van der Waals surface area contributed by atoms with Gasteiger partial charge in [-0.3, -0.25) is 9.59 Å². The highest BCUT2D eigenvalue weighted by molar-refractivity contribution is 7.92. The molecule has 1 N–H and O–H groups in total. The average Bonchev–Trinajstić information content (AvgIpc) is 2.54. The van der Waals surface area contributed by atoms with E-state index in [0.29, 0.717) is 0 Å². The number of carbonyl (C=O) groups is 2. The Kier molecular flexibility index (Phi) is 6.15. The normalized spacial score (nSPS) is 26.7. The maximum Gasteiger partial charge on any atom is 0.303 e. The summed E-state index contributed by atoms with van der Waals surface area (Å²) in [6.07, 6.45) is -3.98. The van der Waals surface area contributed by atoms with Crippen LogP contribution in [0.4, 0.5) is 0 Å². The van der Waals surface area contributed by atoms with Crippen LogP contribution in [-0.2, 0) is 33.6 Å². The fourth-order valence-electron chi connectivity index (χ4n) is 2.67. The SMILES string of the molecule is CC(=O)OC[C@H]1OC(O)C[C@H](S(=O)(=O)c2ccccc2)[C@@H]1OC(C)=O. The van der Waals surface area contributed by atoms with Crippen molar-refractivity contribution in [3.63, 3.8) is 0 Å². The van der Waals surface area contributed by atoms with Gasteiger partial charge >= 0.3 is 11.9 Å². The number of esters is 2. The molecule has 1 saturated heterocycles. The van der Waals surface area contributed by atoms with Gasteiger partial charge in [-0.15, -0.1) is 0 Å². The topological polar surface area (TPSA) is 116 Å². The molecule has 1 unspecified atom stereocenters. The molecule has 1 fully saturated rings. The molecule has 1 aliphatic rings. The van der Waals surface area contributed by atoms with Crippen LogP contribution in [0.2, 0.25) is 0 Å². The van der Waals surface area contributed by atoms with Gasteiger partial charge in [0.15, 0.2) is 16.1 Å². The van der Waals surface area contributed by atoms with Crippen LogP contribution < -0.4 is 0 Å². The van der Waals surface area contributed by atoms with Gasteiger partial charge in [0.05, 0.1) is 4.90 Å². The Hall–Kier alpha value is -1.97. The molecule has 0 aliphatic carbocycles. The van der Waals surface area contributed by atoms with Crippen LogP contribution in [0.25, 0.3) is 0 Å². The third-order valence-electron chi connectivity index (χ3n) is 3.72. The van der Waals surface area contributed by atoms with Crippen molar-refractivity contribution < 1.29 is 37.3 Å². The molecular weight excluding hydrogens is 352 g/mol. The molecule has 0 saturated carbocycles. The lowest BCUT2D eigenvalue weighted by Crippen LogP contribution is -2.55. The summed E-state index contributed by atoms with van der Waals surface area (Å²) in [6.45, 7) is 1.98. The van der Waals surface area contributed by atoms with E-state index in [-0.39, 0.29) is 17.9 Å². The van der Waals surface area contributed by atoms with E-state index in [4.69, 9.17) is 14.2 Å². The summed E-state index contributed by atoms with van der Waals surface area (Å²) < 4.78 is 41.1. The van der Waals surface area contributed by atoms with E-state index in [2.05, 4.69) is 0 Å². The Morgan fingerprint density at radius 1 is 1.20 bits per heavy atom. The van der Waals surface area contributed by atoms with E-state index in [1.165, 1.54) is 19.1 Å². The van der Waals surface area contributed by atoms with E-state index < -0.39 is 45.5 Å². The van der Waals surface area contributed by atoms with Crippen molar-refractivity contribution in [2.75, 3.05) is 6.61 Å². The zero-order valence-electron chi connectivity index (χ0n) is 13.8. The van der Waals surface area contributed by atoms with Gasteiger partial charge in [0.2, 0.25) is 0 Å². The number of hydrogen-bond donors (Lipinski definition) is 1. The van der Waals surface area contributed by atoms with Gasteiger partial charge in [0, 0.05) is 20.3 Å². The first-order valence-electron chi connectivity index (χ1n) is 7.65. The summed E-state index contributed by atoms with van der Waals surface area (Å²) in [5, 5.41) is 8.68. The summed E-state index contributed by atoms with van der Waals surface area (Å²) in [5.41, 5.74) is 0. The van der Waals surface area contributed by atoms with Crippen molar-refractivity contribution in [3.05, 3.63) is 30.3 Å². The summed E-state index contributed by atoms with van der Waals surface area (Å²) in [5.74, 6) is -1.31. The number of benzene rings is 1. The van der Waals surface area contributed by atoms with Gasteiger partial charge < -0.3 is 19.3 Å². The van der Waals surface area contributed by atoms with E-state index in [1.54, 1.807) is 18.2 Å². The molecule has 1 heterocycles. The highest BCUT2D eigenvalue weighted by atomic mass is 32.2. The monoisotopic (exact) mass is 372 g/mol. The Bertz CT molecular complexity index is 715. The quantitative estimate of drug-likeness (QED) is 0.740. The molecule has 2 rings (SSSR count). The van der Waals surface area contributed by atoms with Crippen LogP contribution in [0.15, 0.2) is 35.2 Å². The number of ether oxygens (including phenoxy) is 3. The fraction of sp³-hybridized carbons (Fsp3) is 0.500. The lowest BCUT2D eigenvalue weighted by atomic mass is 10.0. The van der Waals surface area contributed by atoms with Crippen LogP contribution in [0.1, 0.15) is 20.3 Å². The molecule has 0 amide bonds. The zero-order chi connectivity index (χ0) is 18.6. The first-order valence-corrected chi connectivity index (χ1v) is 9.19. The Balaban J connectivity index is 2.37. The molecule has 8 nitrogen and oxygen atoms in total. The first-order chi connectivity index (χ1) is 11.7. The molecule has 1 aromatic rings. The zero-order valence-corrected chi connectivity index (χ0v) is 14.6. The van der Waals surface area contributed by atoms with Gasteiger partial charge in [0.25, 0.3) is 0 Å². The van der Waals surface area contributed by atoms with Gasteiger partial charge in [-0.25, -0.2) is 8.42 Å². The lowest BCUT2D eigenvalue weighted by molar-refractivity contribution is -0.219. The van der Waals surface area contributed by atoms with E-state index in [9.17, 15) is 23.1 Å². The van der Waals surface area contributed by atoms with Crippen molar-refractivity contribution in [2.24, 2.45) is 0 Å². The second kappa shape index (κ2) is 7.94. The van der Waals surface area contributed by atoms with Gasteiger partial charge in [-0.05, 0) is 12.1 Å². The third kappa shape index (κ3) is 4.77. The summed E-state index contributed by atoms with van der Waals surface area (Å²) in [7, 11) is -3.92. The minimum Gasteiger partial charge on any atom is -0.463 e. The first kappa shape index (κ1) is 19.4. The van der Waals surface area contributed by atoms with Crippen molar-refractivity contribution in [3.8, 4) is 0 Å². The maximum absolute atomic E-state index is 12.9. The minimum atomic E-state index is -3.92. The largest absolute Gasteiger partial charge is 0.463 e. The number of rotatable bonds is 5. The van der Waals surface area contributed by atoms with Crippen molar-refractivity contribution in [1.29, 1.82) is 0 Å². The molecule has 1 aliphatic heterocycles. The predicted octanol–water partition coefficient (Wildman–Crippen LogP) is 0.431. The molecule has 0 aromatic heterocycles. The van der Waals surface area contributed by atoms with Crippen LogP contribution in [-0.4, -0.2) is 55.8 Å². The highest BCUT2D eigenvalue weighted by Crippen LogP contribution is 2.31. The van der Waals surface area contributed by atoms with Gasteiger partial charge in [-0.2, -0.15) is 0 Å². The van der Waals surface area contributed by atoms with Gasteiger partial charge in [0.1, 0.15) is 24.1 Å². The van der Waals surface area contributed by atoms with Crippen LogP contribution in [0.5, 0.6) is 0 Å². The van der Waals surface area contributed by atoms with E-state index in [1.807, 2.05) is 0 Å². The van der Waals surface area contributed by atoms with Crippen molar-refractivity contribution >= 4 is 21.8 Å². The Labute approximate surface area is 145 Å². The van der Waals surface area contributed by atoms with Crippen LogP contribution in [0, 0.1) is 0 Å². The van der Waals surface area contributed by atoms with Crippen LogP contribution in [0.3, 0.4) is 0 Å². The molecule has 4 atom stereocenters. The molecule has 0 bridgehead atoms. The molecule has 0 spiro atoms. The third-order valence-corrected chi connectivity index (χ3v) is 5.91. The average molecular weight is 372 g/mol. The van der Waals surface area contributed by atoms with Crippen molar-refractivity contribution in [1.82, 2.24) is 0 Å². The second-order valence-corrected chi connectivity index (χ2v) is 7.80. The molecule has 9 heteroatoms. The summed E-state index contributed by atoms with van der Waals surface area (Å²) >= 11 is 0. The van der Waals surface area contributed by atoms with Gasteiger partial charge in [-0.1, -0.05) is 18.2 Å². The predicted molar refractivity (Wildman–Crippen MR) is 85.1 cm³/mol. The van der Waals surface area contributed by atoms with E-state index in [0.717, 1.165) is 6.92 Å². The second-order valence-electron chi connectivity index (χ2n) is 5.64. The fourth-order valence-corrected chi connectivity index (χ4v) is 4.56. The molecule has 138 valence electrons. The molecule has 0 radical (unpaired) electrons. The molecule has 25 heavy (non-hydrogen) atoms. The molecular formula is C16H20O8S. The smallest absolute Gasteiger partial charge is 0.303 e. The lowest BCUT2D eigenvalue weighted by Gasteiger charge is -2.38. The Morgan fingerprint density at radius 3 is 2.40 bits per heavy atom. The molecule has 1 aromatic carbocycles. The highest BCUT2D eigenvalue weighted by Gasteiger charge is 2.48. The number of carbonyl (C=O) groups excluding carboxylic acids is 2. The number of sulfone groups is 1. The number of aliphatic hydroxyl groups excluding tert-OH is 1. The van der Waals surface area contributed by atoms with Crippen LogP contribution >= 0.6 is 0 Å². The summed E-state index contributed by atoms with van der Waals surface area (Å²) in [4.78, 5) is 22.5. The maximum atomic E-state index is 12.9. The number of hydrogen-bond acceptors (Lipinski definition) is 8. The Morgan fingerprint density at radius 2 is 1.84 bits per heavy atom.